The first-order valence-electron chi connectivity index (χ1n) is 7.56. The van der Waals surface area contributed by atoms with Gasteiger partial charge in [-0.1, -0.05) is 12.1 Å². The summed E-state index contributed by atoms with van der Waals surface area (Å²) < 4.78 is 6.92. The zero-order chi connectivity index (χ0) is 16.2. The lowest BCUT2D eigenvalue weighted by molar-refractivity contribution is 0.132. The lowest BCUT2D eigenvalue weighted by atomic mass is 9.89. The van der Waals surface area contributed by atoms with Crippen LogP contribution in [0.3, 0.4) is 0 Å². The van der Waals surface area contributed by atoms with Gasteiger partial charge in [0.25, 0.3) is 0 Å². The number of carbonyl (C=O) groups is 1. The largest absolute Gasteiger partial charge is 0.489 e. The van der Waals surface area contributed by atoms with Crippen LogP contribution in [0.1, 0.15) is 29.9 Å². The van der Waals surface area contributed by atoms with Gasteiger partial charge in [0.2, 0.25) is 0 Å². The van der Waals surface area contributed by atoms with Crippen LogP contribution in [0.4, 0.5) is 4.79 Å². The fourth-order valence-corrected chi connectivity index (χ4v) is 4.02. The predicted octanol–water partition coefficient (Wildman–Crippen LogP) is 4.95. The van der Waals surface area contributed by atoms with Crippen molar-refractivity contribution in [3.8, 4) is 5.75 Å². The summed E-state index contributed by atoms with van der Waals surface area (Å²) in [5.74, 6) is 1.29. The topological polar surface area (TPSA) is 49.8 Å². The van der Waals surface area contributed by atoms with Crippen LogP contribution >= 0.6 is 27.3 Å². The number of rotatable bonds is 4. The van der Waals surface area contributed by atoms with Crippen molar-refractivity contribution < 1.29 is 14.6 Å². The Hall–Kier alpha value is -1.53. The first-order chi connectivity index (χ1) is 11.1. The van der Waals surface area contributed by atoms with E-state index < -0.39 is 6.09 Å². The highest BCUT2D eigenvalue weighted by atomic mass is 79.9. The van der Waals surface area contributed by atoms with Crippen LogP contribution in [0, 0.1) is 0 Å². The van der Waals surface area contributed by atoms with Crippen LogP contribution in [0.2, 0.25) is 0 Å². The normalized spacial score (nSPS) is 15.6. The summed E-state index contributed by atoms with van der Waals surface area (Å²) in [6.45, 7) is 1.79. The van der Waals surface area contributed by atoms with Gasteiger partial charge in [0, 0.05) is 18.7 Å². The molecule has 1 aromatic heterocycles. The number of amides is 1. The van der Waals surface area contributed by atoms with E-state index in [0.29, 0.717) is 25.6 Å². The van der Waals surface area contributed by atoms with Crippen molar-refractivity contribution in [3.05, 3.63) is 50.6 Å². The van der Waals surface area contributed by atoms with E-state index in [2.05, 4.69) is 34.1 Å². The monoisotopic (exact) mass is 395 g/mol. The van der Waals surface area contributed by atoms with Crippen LogP contribution in [-0.2, 0) is 6.61 Å². The fourth-order valence-electron chi connectivity index (χ4n) is 2.82. The number of ether oxygens (including phenoxy) is 1. The first kappa shape index (κ1) is 16.3. The van der Waals surface area contributed by atoms with Crippen LogP contribution < -0.4 is 4.74 Å². The smallest absolute Gasteiger partial charge is 0.407 e. The van der Waals surface area contributed by atoms with Gasteiger partial charge < -0.3 is 14.7 Å². The van der Waals surface area contributed by atoms with Crippen molar-refractivity contribution in [3.63, 3.8) is 0 Å². The van der Waals surface area contributed by atoms with E-state index in [9.17, 15) is 4.79 Å². The Morgan fingerprint density at radius 3 is 2.52 bits per heavy atom. The molecule has 3 rings (SSSR count). The lowest BCUT2D eigenvalue weighted by Gasteiger charge is -2.30. The molecule has 23 heavy (non-hydrogen) atoms. The number of benzene rings is 1. The predicted molar refractivity (Wildman–Crippen MR) is 94.4 cm³/mol. The molecule has 1 fully saturated rings. The molecule has 4 nitrogen and oxygen atoms in total. The van der Waals surface area contributed by atoms with E-state index in [1.807, 2.05) is 17.5 Å². The number of likely N-dealkylation sites (tertiary alicyclic amines) is 1. The zero-order valence-corrected chi connectivity index (χ0v) is 15.0. The first-order valence-corrected chi connectivity index (χ1v) is 9.23. The Bertz CT molecular complexity index is 663. The van der Waals surface area contributed by atoms with E-state index >= 15 is 0 Å². The van der Waals surface area contributed by atoms with Crippen molar-refractivity contribution in [2.45, 2.75) is 25.4 Å². The highest BCUT2D eigenvalue weighted by molar-refractivity contribution is 9.11. The summed E-state index contributed by atoms with van der Waals surface area (Å²) >= 11 is 5.17. The number of hydrogen-bond acceptors (Lipinski definition) is 3. The minimum Gasteiger partial charge on any atom is -0.489 e. The SMILES string of the molecule is O=C(O)N1CCC(c2ccc(OCc3ccsc3Br)cc2)CC1. The third kappa shape index (κ3) is 4.06. The Balaban J connectivity index is 1.55. The second-order valence-electron chi connectivity index (χ2n) is 5.62. The number of carboxylic acid groups (broad SMARTS) is 1. The van der Waals surface area contributed by atoms with Gasteiger partial charge in [-0.05, 0) is 63.8 Å². The van der Waals surface area contributed by atoms with Gasteiger partial charge in [-0.15, -0.1) is 11.3 Å². The maximum atomic E-state index is 10.9. The summed E-state index contributed by atoms with van der Waals surface area (Å²) in [5, 5.41) is 11.0. The Labute approximate surface area is 147 Å². The maximum Gasteiger partial charge on any atom is 0.407 e. The summed E-state index contributed by atoms with van der Waals surface area (Å²) in [4.78, 5) is 12.4. The summed E-state index contributed by atoms with van der Waals surface area (Å²) in [6.07, 6.45) is 0.953. The van der Waals surface area contributed by atoms with Crippen molar-refractivity contribution in [2.75, 3.05) is 13.1 Å². The quantitative estimate of drug-likeness (QED) is 0.796. The molecule has 0 bridgehead atoms. The zero-order valence-electron chi connectivity index (χ0n) is 12.6. The molecule has 1 N–H and O–H groups in total. The summed E-state index contributed by atoms with van der Waals surface area (Å²) in [7, 11) is 0. The molecule has 0 aliphatic carbocycles. The van der Waals surface area contributed by atoms with E-state index in [1.165, 1.54) is 10.5 Å². The molecule has 1 aromatic carbocycles. The van der Waals surface area contributed by atoms with Gasteiger partial charge in [-0.25, -0.2) is 4.79 Å². The van der Waals surface area contributed by atoms with Crippen molar-refractivity contribution >= 4 is 33.4 Å². The van der Waals surface area contributed by atoms with Crippen LogP contribution in [-0.4, -0.2) is 29.2 Å². The molecule has 1 aliphatic heterocycles. The van der Waals surface area contributed by atoms with Gasteiger partial charge in [-0.3, -0.25) is 0 Å². The molecule has 6 heteroatoms. The molecule has 0 saturated carbocycles. The molecule has 2 heterocycles. The molecule has 1 amide bonds. The Morgan fingerprint density at radius 2 is 1.96 bits per heavy atom. The average Bonchev–Trinajstić information content (AvgIpc) is 2.99. The van der Waals surface area contributed by atoms with E-state index in [0.717, 1.165) is 27.9 Å². The van der Waals surface area contributed by atoms with Gasteiger partial charge in [0.1, 0.15) is 12.4 Å². The lowest BCUT2D eigenvalue weighted by Crippen LogP contribution is -2.36. The van der Waals surface area contributed by atoms with Crippen LogP contribution in [0.15, 0.2) is 39.5 Å². The van der Waals surface area contributed by atoms with Gasteiger partial charge >= 0.3 is 6.09 Å². The van der Waals surface area contributed by atoms with E-state index in [1.54, 1.807) is 11.3 Å². The average molecular weight is 396 g/mol. The number of hydrogen-bond donors (Lipinski definition) is 1. The molecule has 122 valence electrons. The van der Waals surface area contributed by atoms with Crippen molar-refractivity contribution in [1.82, 2.24) is 4.90 Å². The Kier molecular flexibility index (Phi) is 5.23. The van der Waals surface area contributed by atoms with E-state index in [-0.39, 0.29) is 0 Å². The third-order valence-corrected chi connectivity index (χ3v) is 6.02. The molecular weight excluding hydrogens is 378 g/mol. The maximum absolute atomic E-state index is 10.9. The number of thiophene rings is 1. The molecule has 1 saturated heterocycles. The van der Waals surface area contributed by atoms with Crippen LogP contribution in [0.5, 0.6) is 5.75 Å². The minimum atomic E-state index is -0.813. The van der Waals surface area contributed by atoms with Gasteiger partial charge in [-0.2, -0.15) is 0 Å². The van der Waals surface area contributed by atoms with Crippen molar-refractivity contribution in [1.29, 1.82) is 0 Å². The second kappa shape index (κ2) is 7.36. The molecular formula is C17H18BrNO3S. The highest BCUT2D eigenvalue weighted by Crippen LogP contribution is 2.30. The standard InChI is InChI=1S/C17H18BrNO3S/c18-16-14(7-10-23-16)11-22-15-3-1-12(2-4-15)13-5-8-19(9-6-13)17(20)21/h1-4,7,10,13H,5-6,8-9,11H2,(H,20,21). The number of piperidine rings is 1. The highest BCUT2D eigenvalue weighted by Gasteiger charge is 2.23. The van der Waals surface area contributed by atoms with Crippen LogP contribution in [0.25, 0.3) is 0 Å². The van der Waals surface area contributed by atoms with E-state index in [4.69, 9.17) is 9.84 Å². The molecule has 1 aliphatic rings. The molecule has 2 aromatic rings. The summed E-state index contributed by atoms with van der Waals surface area (Å²) in [5.41, 5.74) is 2.42. The fraction of sp³-hybridized carbons (Fsp3) is 0.353. The number of halogens is 1. The van der Waals surface area contributed by atoms with Gasteiger partial charge in [0.15, 0.2) is 0 Å². The summed E-state index contributed by atoms with van der Waals surface area (Å²) in [6, 6.07) is 10.2. The minimum absolute atomic E-state index is 0.436. The molecule has 0 spiro atoms. The van der Waals surface area contributed by atoms with Gasteiger partial charge in [0.05, 0.1) is 3.79 Å². The molecule has 0 unspecified atom stereocenters. The number of nitrogens with zero attached hydrogens (tertiary/aromatic N) is 1. The second-order valence-corrected chi connectivity index (χ2v) is 7.86. The molecule has 0 atom stereocenters. The van der Waals surface area contributed by atoms with Crippen molar-refractivity contribution in [2.24, 2.45) is 0 Å². The molecule has 0 radical (unpaired) electrons. The Morgan fingerprint density at radius 1 is 1.26 bits per heavy atom. The third-order valence-electron chi connectivity index (χ3n) is 4.20.